The fourth-order valence-electron chi connectivity index (χ4n) is 1.39. The quantitative estimate of drug-likeness (QED) is 0.639. The number of nitrogens with one attached hydrogen (secondary N) is 1. The molecule has 0 fully saturated rings. The molecular weight excluding hydrogens is 256 g/mol. The van der Waals surface area contributed by atoms with Crippen molar-refractivity contribution in [2.45, 2.75) is 30.9 Å². The summed E-state index contributed by atoms with van der Waals surface area (Å²) in [7, 11) is 0. The second-order valence-corrected chi connectivity index (χ2v) is 4.66. The third kappa shape index (κ3) is 4.49. The van der Waals surface area contributed by atoms with E-state index in [-0.39, 0.29) is 5.91 Å². The molecule has 5 heteroatoms. The third-order valence-corrected chi connectivity index (χ3v) is 3.01. The molecular formula is C13H15F2NOS. The van der Waals surface area contributed by atoms with Crippen molar-refractivity contribution in [1.29, 1.82) is 0 Å². The Balaban J connectivity index is 2.84. The predicted octanol–water partition coefficient (Wildman–Crippen LogP) is 4.30. The smallest absolute Gasteiger partial charge is 0.288 e. The molecule has 0 aromatic heterocycles. The molecule has 0 saturated heterocycles. The van der Waals surface area contributed by atoms with Crippen LogP contribution in [0.2, 0.25) is 0 Å². The average Bonchev–Trinajstić information content (AvgIpc) is 2.31. The first-order valence-electron chi connectivity index (χ1n) is 5.56. The molecule has 1 rings (SSSR count). The summed E-state index contributed by atoms with van der Waals surface area (Å²) in [6, 6.07) is 6.53. The van der Waals surface area contributed by atoms with Gasteiger partial charge in [0.25, 0.3) is 11.7 Å². The van der Waals surface area contributed by atoms with Gasteiger partial charge in [0.15, 0.2) is 0 Å². The lowest BCUT2D eigenvalue weighted by molar-refractivity contribution is -0.112. The zero-order valence-electron chi connectivity index (χ0n) is 10.2. The Morgan fingerprint density at radius 1 is 1.44 bits per heavy atom. The minimum Gasteiger partial charge on any atom is -0.321 e. The van der Waals surface area contributed by atoms with Gasteiger partial charge in [-0.05, 0) is 25.5 Å². The number of benzene rings is 1. The van der Waals surface area contributed by atoms with Crippen LogP contribution >= 0.6 is 11.8 Å². The zero-order valence-corrected chi connectivity index (χ0v) is 11.1. The highest BCUT2D eigenvalue weighted by molar-refractivity contribution is 7.99. The lowest BCUT2D eigenvalue weighted by Crippen LogP contribution is -2.13. The number of hydrogen-bond donors (Lipinski definition) is 1. The van der Waals surface area contributed by atoms with E-state index in [1.807, 2.05) is 6.92 Å². The molecule has 0 aliphatic carbocycles. The summed E-state index contributed by atoms with van der Waals surface area (Å²) in [6.07, 6.45) is 2.55. The molecule has 18 heavy (non-hydrogen) atoms. The summed E-state index contributed by atoms with van der Waals surface area (Å²) >= 11 is 0.425. The number of hydrogen-bond acceptors (Lipinski definition) is 2. The van der Waals surface area contributed by atoms with Gasteiger partial charge in [0.05, 0.1) is 5.69 Å². The van der Waals surface area contributed by atoms with E-state index >= 15 is 0 Å². The van der Waals surface area contributed by atoms with Crippen LogP contribution in [0.25, 0.3) is 0 Å². The first-order chi connectivity index (χ1) is 8.54. The average molecular weight is 271 g/mol. The van der Waals surface area contributed by atoms with E-state index in [9.17, 15) is 13.6 Å². The number of anilines is 1. The molecule has 0 aliphatic rings. The normalized spacial score (nSPS) is 11.7. The van der Waals surface area contributed by atoms with Crippen LogP contribution in [0, 0.1) is 0 Å². The maximum atomic E-state index is 12.4. The number of allylic oxidation sites excluding steroid dienone is 1. The van der Waals surface area contributed by atoms with Crippen LogP contribution in [0.1, 0.15) is 20.3 Å². The van der Waals surface area contributed by atoms with E-state index in [0.717, 1.165) is 6.42 Å². The minimum absolute atomic E-state index is 0.265. The Morgan fingerprint density at radius 2 is 2.11 bits per heavy atom. The van der Waals surface area contributed by atoms with Crippen molar-refractivity contribution >= 4 is 23.4 Å². The number of carbonyl (C=O) groups is 1. The lowest BCUT2D eigenvalue weighted by atomic mass is 10.2. The molecule has 0 atom stereocenters. The van der Waals surface area contributed by atoms with Crippen LogP contribution in [0.5, 0.6) is 0 Å². The first-order valence-corrected chi connectivity index (χ1v) is 6.44. The molecule has 1 amide bonds. The van der Waals surface area contributed by atoms with Crippen LogP contribution in [0.4, 0.5) is 14.5 Å². The Kier molecular flexibility index (Phi) is 5.85. The molecule has 0 unspecified atom stereocenters. The van der Waals surface area contributed by atoms with Crippen LogP contribution in [0.15, 0.2) is 40.8 Å². The van der Waals surface area contributed by atoms with Gasteiger partial charge >= 0.3 is 0 Å². The zero-order chi connectivity index (χ0) is 13.5. The molecule has 0 aliphatic heterocycles. The molecule has 0 radical (unpaired) electrons. The number of carbonyl (C=O) groups excluding carboxylic acids is 1. The Morgan fingerprint density at radius 3 is 2.72 bits per heavy atom. The summed E-state index contributed by atoms with van der Waals surface area (Å²) in [4.78, 5) is 12.1. The molecule has 2 nitrogen and oxygen atoms in total. The Hall–Kier alpha value is -1.36. The Labute approximate surface area is 109 Å². The minimum atomic E-state index is -2.50. The van der Waals surface area contributed by atoms with Gasteiger partial charge in [0, 0.05) is 10.5 Å². The standard InChI is InChI=1S/C13H15F2NOS/c1-3-6-9(2)12(17)16-10-7-4-5-8-11(10)18-13(14)15/h4-8,13H,3H2,1-2H3,(H,16,17)/b9-6-. The van der Waals surface area contributed by atoms with Gasteiger partial charge < -0.3 is 5.32 Å². The van der Waals surface area contributed by atoms with Gasteiger partial charge in [-0.15, -0.1) is 0 Å². The van der Waals surface area contributed by atoms with Gasteiger partial charge in [0.2, 0.25) is 0 Å². The molecule has 0 bridgehead atoms. The Bertz CT molecular complexity index is 446. The lowest BCUT2D eigenvalue weighted by Gasteiger charge is -2.10. The van der Waals surface area contributed by atoms with Gasteiger partial charge in [0.1, 0.15) is 0 Å². The fraction of sp³-hybridized carbons (Fsp3) is 0.308. The van der Waals surface area contributed by atoms with Crippen molar-refractivity contribution in [3.8, 4) is 0 Å². The molecule has 1 aromatic carbocycles. The summed E-state index contributed by atoms with van der Waals surface area (Å²) in [6.45, 7) is 3.62. The van der Waals surface area contributed by atoms with E-state index in [2.05, 4.69) is 5.32 Å². The van der Waals surface area contributed by atoms with Crippen LogP contribution in [-0.2, 0) is 4.79 Å². The molecule has 98 valence electrons. The van der Waals surface area contributed by atoms with Crippen molar-refractivity contribution in [3.05, 3.63) is 35.9 Å². The first kappa shape index (κ1) is 14.7. The van der Waals surface area contributed by atoms with E-state index in [1.165, 1.54) is 0 Å². The molecule has 0 heterocycles. The van der Waals surface area contributed by atoms with Crippen molar-refractivity contribution < 1.29 is 13.6 Å². The maximum Gasteiger partial charge on any atom is 0.288 e. The number of para-hydroxylation sites is 1. The fourth-order valence-corrected chi connectivity index (χ4v) is 1.98. The number of halogens is 2. The third-order valence-electron chi connectivity index (χ3n) is 2.22. The van der Waals surface area contributed by atoms with Gasteiger partial charge in [-0.2, -0.15) is 8.78 Å². The van der Waals surface area contributed by atoms with Crippen LogP contribution < -0.4 is 5.32 Å². The SMILES string of the molecule is CC/C=C(/C)C(=O)Nc1ccccc1SC(F)F. The van der Waals surface area contributed by atoms with Gasteiger partial charge in [-0.1, -0.05) is 36.9 Å². The van der Waals surface area contributed by atoms with Crippen LogP contribution in [0.3, 0.4) is 0 Å². The summed E-state index contributed by atoms with van der Waals surface area (Å²) in [5.41, 5.74) is 0.992. The molecule has 1 N–H and O–H groups in total. The molecule has 0 saturated carbocycles. The van der Waals surface area contributed by atoms with E-state index < -0.39 is 5.76 Å². The maximum absolute atomic E-state index is 12.4. The largest absolute Gasteiger partial charge is 0.321 e. The van der Waals surface area contributed by atoms with E-state index in [0.29, 0.717) is 27.9 Å². The van der Waals surface area contributed by atoms with E-state index in [1.54, 1.807) is 37.3 Å². The second-order valence-electron chi connectivity index (χ2n) is 3.62. The number of thioether (sulfide) groups is 1. The molecule has 0 spiro atoms. The summed E-state index contributed by atoms with van der Waals surface area (Å²) in [5.74, 6) is -2.77. The van der Waals surface area contributed by atoms with Crippen molar-refractivity contribution in [2.24, 2.45) is 0 Å². The summed E-state index contributed by atoms with van der Waals surface area (Å²) < 4.78 is 24.7. The van der Waals surface area contributed by atoms with Gasteiger partial charge in [-0.3, -0.25) is 4.79 Å². The molecule has 1 aromatic rings. The number of amides is 1. The monoisotopic (exact) mass is 271 g/mol. The topological polar surface area (TPSA) is 29.1 Å². The van der Waals surface area contributed by atoms with Gasteiger partial charge in [-0.25, -0.2) is 0 Å². The van der Waals surface area contributed by atoms with E-state index in [4.69, 9.17) is 0 Å². The predicted molar refractivity (Wildman–Crippen MR) is 71.0 cm³/mol. The van der Waals surface area contributed by atoms with Crippen molar-refractivity contribution in [2.75, 3.05) is 5.32 Å². The number of rotatable bonds is 5. The highest BCUT2D eigenvalue weighted by Crippen LogP contribution is 2.31. The second kappa shape index (κ2) is 7.16. The summed E-state index contributed by atoms with van der Waals surface area (Å²) in [5, 5.41) is 2.64. The van der Waals surface area contributed by atoms with Crippen molar-refractivity contribution in [1.82, 2.24) is 0 Å². The van der Waals surface area contributed by atoms with Crippen molar-refractivity contribution in [3.63, 3.8) is 0 Å². The van der Waals surface area contributed by atoms with Crippen LogP contribution in [-0.4, -0.2) is 11.7 Å². The highest BCUT2D eigenvalue weighted by atomic mass is 32.2. The highest BCUT2D eigenvalue weighted by Gasteiger charge is 2.12. The number of alkyl halides is 2.